The number of allylic oxidation sites excluding steroid dienone is 5. The minimum absolute atomic E-state index is 0.565. The van der Waals surface area contributed by atoms with Gasteiger partial charge in [0.1, 0.15) is 0 Å². The third kappa shape index (κ3) is 1.88. The molecule has 0 aromatic carbocycles. The summed E-state index contributed by atoms with van der Waals surface area (Å²) in [7, 11) is 0. The lowest BCUT2D eigenvalue weighted by atomic mass is 10.0. The Morgan fingerprint density at radius 2 is 1.89 bits per heavy atom. The molecule has 0 aliphatic heterocycles. The van der Waals surface area contributed by atoms with Crippen LogP contribution in [0.25, 0.3) is 0 Å². The molecule has 1 rings (SSSR count). The van der Waals surface area contributed by atoms with Crippen molar-refractivity contribution < 1.29 is 0 Å². The van der Waals surface area contributed by atoms with E-state index in [1.807, 2.05) is 0 Å². The van der Waals surface area contributed by atoms with Gasteiger partial charge in [-0.3, -0.25) is 0 Å². The van der Waals surface area contributed by atoms with Gasteiger partial charge in [-0.2, -0.15) is 0 Å². The average molecular weight is 119 g/mol. The lowest BCUT2D eigenvalue weighted by Crippen LogP contribution is -1.88. The van der Waals surface area contributed by atoms with E-state index in [1.165, 1.54) is 0 Å². The van der Waals surface area contributed by atoms with E-state index in [1.54, 1.807) is 0 Å². The van der Waals surface area contributed by atoms with Crippen LogP contribution < -0.4 is 0 Å². The zero-order chi connectivity index (χ0) is 6.69. The van der Waals surface area contributed by atoms with Crippen LogP contribution in [-0.2, 0) is 0 Å². The fourth-order valence-electron chi connectivity index (χ4n) is 0.947. The average Bonchev–Trinajstić information content (AvgIpc) is 2.15. The zero-order valence-corrected chi connectivity index (χ0v) is 5.51. The first-order chi connectivity index (χ1) is 4.29. The summed E-state index contributed by atoms with van der Waals surface area (Å²) < 4.78 is 0. The summed E-state index contributed by atoms with van der Waals surface area (Å²) in [6.07, 6.45) is 9.45. The van der Waals surface area contributed by atoms with Gasteiger partial charge in [-0.25, -0.2) is 0 Å². The van der Waals surface area contributed by atoms with Gasteiger partial charge in [0.2, 0.25) is 0 Å². The molecule has 47 valence electrons. The van der Waals surface area contributed by atoms with Gasteiger partial charge in [0.25, 0.3) is 0 Å². The van der Waals surface area contributed by atoms with Crippen LogP contribution in [0.4, 0.5) is 0 Å². The van der Waals surface area contributed by atoms with Crippen molar-refractivity contribution in [3.05, 3.63) is 43.4 Å². The predicted octanol–water partition coefficient (Wildman–Crippen LogP) is 2.51. The topological polar surface area (TPSA) is 0 Å². The molecule has 0 amide bonds. The fraction of sp³-hybridized carbons (Fsp3) is 0.222. The molecule has 0 bridgehead atoms. The molecule has 0 aromatic rings. The van der Waals surface area contributed by atoms with Crippen LogP contribution in [0.3, 0.4) is 0 Å². The largest absolute Gasteiger partial charge is 0.0998 e. The molecule has 0 aromatic heterocycles. The molecule has 9 heavy (non-hydrogen) atoms. The summed E-state index contributed by atoms with van der Waals surface area (Å²) in [6.45, 7) is 7.48. The molecule has 0 saturated heterocycles. The van der Waals surface area contributed by atoms with Crippen LogP contribution in [-0.4, -0.2) is 0 Å². The molecule has 1 radical (unpaired) electrons. The second-order valence-corrected chi connectivity index (χ2v) is 2.39. The van der Waals surface area contributed by atoms with Gasteiger partial charge in [-0.15, -0.1) is 0 Å². The molecule has 0 N–H and O–H groups in total. The highest BCUT2D eigenvalue weighted by atomic mass is 14.1. The van der Waals surface area contributed by atoms with E-state index in [2.05, 4.69) is 37.8 Å². The highest BCUT2D eigenvalue weighted by Crippen LogP contribution is 2.16. The second-order valence-electron chi connectivity index (χ2n) is 2.39. The van der Waals surface area contributed by atoms with E-state index in [-0.39, 0.29) is 0 Å². The van der Waals surface area contributed by atoms with E-state index < -0.39 is 0 Å². The SMILES string of the molecule is [CH2]C(=C)CC1C=CC=C1. The van der Waals surface area contributed by atoms with Crippen molar-refractivity contribution in [2.75, 3.05) is 0 Å². The van der Waals surface area contributed by atoms with Crippen molar-refractivity contribution in [1.29, 1.82) is 0 Å². The number of hydrogen-bond acceptors (Lipinski definition) is 0. The van der Waals surface area contributed by atoms with Crippen LogP contribution >= 0.6 is 0 Å². The highest BCUT2D eigenvalue weighted by molar-refractivity contribution is 5.20. The quantitative estimate of drug-likeness (QED) is 0.524. The fourth-order valence-corrected chi connectivity index (χ4v) is 0.947. The molecular weight excluding hydrogens is 108 g/mol. The Morgan fingerprint density at radius 1 is 1.33 bits per heavy atom. The van der Waals surface area contributed by atoms with E-state index in [9.17, 15) is 0 Å². The van der Waals surface area contributed by atoms with Gasteiger partial charge >= 0.3 is 0 Å². The highest BCUT2D eigenvalue weighted by Gasteiger charge is 2.01. The maximum atomic E-state index is 3.74. The van der Waals surface area contributed by atoms with Crippen LogP contribution in [0.1, 0.15) is 6.42 Å². The molecule has 0 saturated carbocycles. The molecule has 0 unspecified atom stereocenters. The van der Waals surface area contributed by atoms with E-state index in [0.717, 1.165) is 12.0 Å². The van der Waals surface area contributed by atoms with Crippen molar-refractivity contribution in [1.82, 2.24) is 0 Å². The Balaban J connectivity index is 2.37. The lowest BCUT2D eigenvalue weighted by molar-refractivity contribution is 0.822. The van der Waals surface area contributed by atoms with Crippen molar-refractivity contribution in [2.24, 2.45) is 5.92 Å². The Morgan fingerprint density at radius 3 is 2.33 bits per heavy atom. The van der Waals surface area contributed by atoms with Crippen molar-refractivity contribution >= 4 is 0 Å². The van der Waals surface area contributed by atoms with Gasteiger partial charge in [0, 0.05) is 0 Å². The molecular formula is C9H11. The normalized spacial score (nSPS) is 17.0. The Kier molecular flexibility index (Phi) is 1.88. The van der Waals surface area contributed by atoms with E-state index in [4.69, 9.17) is 0 Å². The maximum absolute atomic E-state index is 3.74. The first-order valence-corrected chi connectivity index (χ1v) is 3.14. The number of rotatable bonds is 2. The van der Waals surface area contributed by atoms with Gasteiger partial charge in [-0.05, 0) is 19.3 Å². The summed E-state index contributed by atoms with van der Waals surface area (Å²) in [5.74, 6) is 0.565. The monoisotopic (exact) mass is 119 g/mol. The molecule has 0 heteroatoms. The zero-order valence-electron chi connectivity index (χ0n) is 5.51. The summed E-state index contributed by atoms with van der Waals surface area (Å²) in [6, 6.07) is 0. The Bertz CT molecular complexity index is 149. The van der Waals surface area contributed by atoms with Gasteiger partial charge in [0.05, 0.1) is 0 Å². The molecule has 1 aliphatic carbocycles. The first kappa shape index (κ1) is 6.34. The number of hydrogen-bond donors (Lipinski definition) is 0. The first-order valence-electron chi connectivity index (χ1n) is 3.14. The van der Waals surface area contributed by atoms with Crippen LogP contribution in [0.5, 0.6) is 0 Å². The molecule has 1 aliphatic rings. The standard InChI is InChI=1S/C9H11/c1-8(2)7-9-5-3-4-6-9/h3-6,9H,1-2,7H2. The summed E-state index contributed by atoms with van der Waals surface area (Å²) >= 11 is 0. The van der Waals surface area contributed by atoms with Crippen molar-refractivity contribution in [2.45, 2.75) is 6.42 Å². The predicted molar refractivity (Wildman–Crippen MR) is 40.9 cm³/mol. The lowest BCUT2D eigenvalue weighted by Gasteiger charge is -2.01. The van der Waals surface area contributed by atoms with Gasteiger partial charge in [-0.1, -0.05) is 36.5 Å². The minimum Gasteiger partial charge on any atom is -0.0998 e. The van der Waals surface area contributed by atoms with E-state index in [0.29, 0.717) is 5.92 Å². The molecule has 0 atom stereocenters. The molecule has 0 heterocycles. The summed E-state index contributed by atoms with van der Waals surface area (Å²) in [4.78, 5) is 0. The van der Waals surface area contributed by atoms with Crippen LogP contribution in [0, 0.1) is 12.8 Å². The third-order valence-corrected chi connectivity index (χ3v) is 1.35. The summed E-state index contributed by atoms with van der Waals surface area (Å²) in [5.41, 5.74) is 1.01. The van der Waals surface area contributed by atoms with Crippen molar-refractivity contribution in [3.63, 3.8) is 0 Å². The van der Waals surface area contributed by atoms with Crippen LogP contribution in [0.2, 0.25) is 0 Å². The Labute approximate surface area is 56.6 Å². The maximum Gasteiger partial charge on any atom is -0.00102 e. The molecule has 0 fully saturated rings. The minimum atomic E-state index is 0.565. The van der Waals surface area contributed by atoms with E-state index >= 15 is 0 Å². The second kappa shape index (κ2) is 2.67. The third-order valence-electron chi connectivity index (χ3n) is 1.35. The smallest absolute Gasteiger partial charge is 0.00102 e. The molecule has 0 nitrogen and oxygen atoms in total. The van der Waals surface area contributed by atoms with Crippen LogP contribution in [0.15, 0.2) is 36.5 Å². The van der Waals surface area contributed by atoms with Crippen molar-refractivity contribution in [3.8, 4) is 0 Å². The Hall–Kier alpha value is -0.780. The summed E-state index contributed by atoms with van der Waals surface area (Å²) in [5, 5.41) is 0. The molecule has 0 spiro atoms. The van der Waals surface area contributed by atoms with Gasteiger partial charge < -0.3 is 0 Å². The van der Waals surface area contributed by atoms with Gasteiger partial charge in [0.15, 0.2) is 0 Å².